The third-order valence-corrected chi connectivity index (χ3v) is 5.69. The summed E-state index contributed by atoms with van der Waals surface area (Å²) in [5.41, 5.74) is 1.24. The molecule has 142 valence electrons. The van der Waals surface area contributed by atoms with Crippen molar-refractivity contribution in [1.29, 1.82) is 0 Å². The zero-order valence-electron chi connectivity index (χ0n) is 15.8. The molecule has 0 radical (unpaired) electrons. The number of aryl methyl sites for hydroxylation is 1. The average molecular weight is 357 g/mol. The van der Waals surface area contributed by atoms with Crippen LogP contribution in [0.5, 0.6) is 0 Å². The zero-order valence-corrected chi connectivity index (χ0v) is 15.8. The van der Waals surface area contributed by atoms with Crippen molar-refractivity contribution in [2.75, 3.05) is 0 Å². The highest BCUT2D eigenvalue weighted by Crippen LogP contribution is 2.45. The lowest BCUT2D eigenvalue weighted by atomic mass is 9.90. The van der Waals surface area contributed by atoms with Crippen molar-refractivity contribution in [3.8, 4) is 0 Å². The maximum Gasteiger partial charge on any atom is 0.105 e. The highest BCUT2D eigenvalue weighted by atomic mass is 16.5. The van der Waals surface area contributed by atoms with E-state index in [4.69, 9.17) is 4.74 Å². The van der Waals surface area contributed by atoms with Crippen LogP contribution < -0.4 is 0 Å². The second kappa shape index (κ2) is 9.38. The molecule has 0 amide bonds. The first-order chi connectivity index (χ1) is 12.7. The van der Waals surface area contributed by atoms with Gasteiger partial charge in [0.2, 0.25) is 0 Å². The molecule has 2 N–H and O–H groups in total. The molecule has 2 aliphatic rings. The predicted molar refractivity (Wildman–Crippen MR) is 105 cm³/mol. The molecular weight excluding hydrogens is 324 g/mol. The molecule has 1 saturated carbocycles. The highest BCUT2D eigenvalue weighted by Gasteiger charge is 2.46. The minimum Gasteiger partial charge on any atom is -0.495 e. The predicted octanol–water partition coefficient (Wildman–Crippen LogP) is 4.40. The summed E-state index contributed by atoms with van der Waals surface area (Å²) in [6, 6.07) is 10.2. The maximum absolute atomic E-state index is 10.4. The highest BCUT2D eigenvalue weighted by molar-refractivity contribution is 5.16. The summed E-state index contributed by atoms with van der Waals surface area (Å²) in [5.74, 6) is 1.53. The van der Waals surface area contributed by atoms with Gasteiger partial charge in [-0.25, -0.2) is 0 Å². The second-order valence-corrected chi connectivity index (χ2v) is 7.69. The first-order valence-corrected chi connectivity index (χ1v) is 10.1. The van der Waals surface area contributed by atoms with Gasteiger partial charge in [0, 0.05) is 24.7 Å². The Morgan fingerprint density at radius 2 is 2.08 bits per heavy atom. The summed E-state index contributed by atoms with van der Waals surface area (Å²) in [7, 11) is 0. The van der Waals surface area contributed by atoms with Crippen LogP contribution in [-0.2, 0) is 11.2 Å². The largest absolute Gasteiger partial charge is 0.495 e. The molecule has 0 bridgehead atoms. The first-order valence-electron chi connectivity index (χ1n) is 10.1. The van der Waals surface area contributed by atoms with Crippen molar-refractivity contribution >= 4 is 0 Å². The Labute approximate surface area is 157 Å². The molecular formula is C23H32O3. The zero-order chi connectivity index (χ0) is 18.4. The van der Waals surface area contributed by atoms with Crippen LogP contribution >= 0.6 is 0 Å². The Morgan fingerprint density at radius 1 is 1.27 bits per heavy atom. The molecule has 1 aliphatic carbocycles. The summed E-state index contributed by atoms with van der Waals surface area (Å²) in [4.78, 5) is 0. The van der Waals surface area contributed by atoms with E-state index in [1.165, 1.54) is 18.4 Å². The number of aliphatic hydroxyl groups excluding tert-OH is 2. The van der Waals surface area contributed by atoms with Crippen molar-refractivity contribution in [2.45, 2.75) is 70.2 Å². The molecule has 2 fully saturated rings. The standard InChI is InChI=1S/C23H32O3/c1-2-3-5-10-19-15-21-20(22(25)16-23(21)26-19)14-13-18(24)12-11-17-8-6-4-7-9-17/h4,6-10,13-14,18,20-25H,2-3,5,11-12,15-16H2,1H3/b14-13+,19-10?/t18-,20+,21+,22+,23-/m0/s1. The van der Waals surface area contributed by atoms with E-state index in [-0.39, 0.29) is 18.1 Å². The molecule has 3 nitrogen and oxygen atoms in total. The molecule has 1 heterocycles. The van der Waals surface area contributed by atoms with Gasteiger partial charge in [-0.15, -0.1) is 0 Å². The van der Waals surface area contributed by atoms with E-state index in [1.807, 2.05) is 30.4 Å². The Balaban J connectivity index is 1.51. The minimum atomic E-state index is -0.469. The molecule has 3 rings (SSSR count). The monoisotopic (exact) mass is 356 g/mol. The number of allylic oxidation sites excluding steroid dienone is 2. The first kappa shape index (κ1) is 19.2. The van der Waals surface area contributed by atoms with Crippen LogP contribution in [0, 0.1) is 11.8 Å². The average Bonchev–Trinajstić information content (AvgIpc) is 3.16. The number of fused-ring (bicyclic) bond motifs is 1. The van der Waals surface area contributed by atoms with Crippen LogP contribution in [0.2, 0.25) is 0 Å². The number of aliphatic hydroxyl groups is 2. The van der Waals surface area contributed by atoms with Gasteiger partial charge in [-0.1, -0.05) is 55.8 Å². The fourth-order valence-corrected chi connectivity index (χ4v) is 4.16. The summed E-state index contributed by atoms with van der Waals surface area (Å²) < 4.78 is 6.05. The van der Waals surface area contributed by atoms with Crippen LogP contribution in [0.1, 0.15) is 51.0 Å². The summed E-state index contributed by atoms with van der Waals surface area (Å²) >= 11 is 0. The van der Waals surface area contributed by atoms with Gasteiger partial charge in [-0.2, -0.15) is 0 Å². The number of hydrogen-bond acceptors (Lipinski definition) is 3. The molecule has 5 atom stereocenters. The lowest BCUT2D eigenvalue weighted by Crippen LogP contribution is -2.18. The molecule has 0 unspecified atom stereocenters. The summed E-state index contributed by atoms with van der Waals surface area (Å²) in [6.07, 6.45) is 12.1. The van der Waals surface area contributed by atoms with Gasteiger partial charge in [0.1, 0.15) is 6.10 Å². The topological polar surface area (TPSA) is 49.7 Å². The Kier molecular flexibility index (Phi) is 6.93. The van der Waals surface area contributed by atoms with E-state index in [0.29, 0.717) is 18.8 Å². The Bertz CT molecular complexity index is 607. The molecule has 1 aliphatic heterocycles. The SMILES string of the molecule is CCCCC=C1C[C@@H]2[C@@H](/C=C/[C@@H](O)CCc3ccccc3)[C@H](O)C[C@@H]2O1. The molecule has 0 aromatic heterocycles. The van der Waals surface area contributed by atoms with Gasteiger partial charge in [-0.3, -0.25) is 0 Å². The van der Waals surface area contributed by atoms with Crippen LogP contribution in [-0.4, -0.2) is 28.5 Å². The fraction of sp³-hybridized carbons (Fsp3) is 0.565. The van der Waals surface area contributed by atoms with E-state index in [9.17, 15) is 10.2 Å². The van der Waals surface area contributed by atoms with E-state index >= 15 is 0 Å². The normalized spacial score (nSPS) is 30.7. The quantitative estimate of drug-likeness (QED) is 0.536. The van der Waals surface area contributed by atoms with Gasteiger partial charge in [0.05, 0.1) is 18.0 Å². The van der Waals surface area contributed by atoms with Gasteiger partial charge >= 0.3 is 0 Å². The molecule has 0 spiro atoms. The lowest BCUT2D eigenvalue weighted by molar-refractivity contribution is 0.111. The maximum atomic E-state index is 10.4. The molecule has 1 aromatic carbocycles. The number of ether oxygens (including phenoxy) is 1. The van der Waals surface area contributed by atoms with Crippen LogP contribution in [0.3, 0.4) is 0 Å². The molecule has 1 aromatic rings. The van der Waals surface area contributed by atoms with Crippen molar-refractivity contribution in [2.24, 2.45) is 11.8 Å². The van der Waals surface area contributed by atoms with Gasteiger partial charge < -0.3 is 14.9 Å². The molecule has 1 saturated heterocycles. The third kappa shape index (κ3) is 4.99. The van der Waals surface area contributed by atoms with E-state index in [0.717, 1.165) is 25.0 Å². The minimum absolute atomic E-state index is 0.0865. The summed E-state index contributed by atoms with van der Waals surface area (Å²) in [6.45, 7) is 2.20. The van der Waals surface area contributed by atoms with Crippen LogP contribution in [0.15, 0.2) is 54.3 Å². The molecule has 3 heteroatoms. The fourth-order valence-electron chi connectivity index (χ4n) is 4.16. The lowest BCUT2D eigenvalue weighted by Gasteiger charge is -2.16. The van der Waals surface area contributed by atoms with Gasteiger partial charge in [-0.05, 0) is 37.3 Å². The van der Waals surface area contributed by atoms with Crippen molar-refractivity contribution in [1.82, 2.24) is 0 Å². The van der Waals surface area contributed by atoms with E-state index in [1.54, 1.807) is 0 Å². The number of unbranched alkanes of at least 4 members (excludes halogenated alkanes) is 2. The number of benzene rings is 1. The second-order valence-electron chi connectivity index (χ2n) is 7.69. The van der Waals surface area contributed by atoms with Crippen molar-refractivity contribution < 1.29 is 14.9 Å². The number of hydrogen-bond donors (Lipinski definition) is 2. The Morgan fingerprint density at radius 3 is 2.85 bits per heavy atom. The van der Waals surface area contributed by atoms with E-state index < -0.39 is 6.10 Å². The van der Waals surface area contributed by atoms with Crippen molar-refractivity contribution in [3.05, 3.63) is 59.9 Å². The summed E-state index contributed by atoms with van der Waals surface area (Å²) in [5, 5.41) is 20.7. The van der Waals surface area contributed by atoms with Crippen molar-refractivity contribution in [3.63, 3.8) is 0 Å². The van der Waals surface area contributed by atoms with Crippen LogP contribution in [0.25, 0.3) is 0 Å². The Hall–Kier alpha value is -1.58. The van der Waals surface area contributed by atoms with Gasteiger partial charge in [0.15, 0.2) is 0 Å². The molecule has 26 heavy (non-hydrogen) atoms. The van der Waals surface area contributed by atoms with Crippen LogP contribution in [0.4, 0.5) is 0 Å². The van der Waals surface area contributed by atoms with Gasteiger partial charge in [0.25, 0.3) is 0 Å². The van der Waals surface area contributed by atoms with E-state index in [2.05, 4.69) is 25.1 Å². The number of rotatable bonds is 8. The smallest absolute Gasteiger partial charge is 0.105 e. The third-order valence-electron chi connectivity index (χ3n) is 5.69.